The van der Waals surface area contributed by atoms with Gasteiger partial charge in [-0.1, -0.05) is 6.07 Å². The normalized spacial score (nSPS) is 15.7. The van der Waals surface area contributed by atoms with Crippen molar-refractivity contribution in [3.8, 4) is 5.75 Å². The zero-order chi connectivity index (χ0) is 18.9. The van der Waals surface area contributed by atoms with Crippen LogP contribution in [0.4, 0.5) is 4.39 Å². The van der Waals surface area contributed by atoms with Crippen molar-refractivity contribution in [2.45, 2.75) is 18.9 Å². The molecule has 1 atom stereocenters. The van der Waals surface area contributed by atoms with Crippen LogP contribution in [0.2, 0.25) is 0 Å². The quantitative estimate of drug-likeness (QED) is 0.251. The first-order valence-corrected chi connectivity index (χ1v) is 9.36. The number of halogens is 2. The maximum atomic E-state index is 13.1. The summed E-state index contributed by atoms with van der Waals surface area (Å²) >= 11 is 0. The number of rotatable bonds is 8. The summed E-state index contributed by atoms with van der Waals surface area (Å²) in [7, 11) is 1.74. The van der Waals surface area contributed by atoms with Crippen LogP contribution in [0.1, 0.15) is 24.6 Å². The number of nitrogens with one attached hydrogen (secondary N) is 2. The molecule has 0 bridgehead atoms. The fourth-order valence-corrected chi connectivity index (χ4v) is 3.25. The molecule has 1 aromatic carbocycles. The smallest absolute Gasteiger partial charge is 0.191 e. The van der Waals surface area contributed by atoms with Crippen molar-refractivity contribution in [2.24, 2.45) is 4.99 Å². The number of furan rings is 1. The molecule has 0 saturated carbocycles. The van der Waals surface area contributed by atoms with Crippen LogP contribution in [-0.2, 0) is 0 Å². The summed E-state index contributed by atoms with van der Waals surface area (Å²) in [5.74, 6) is 1.89. The Kier molecular flexibility index (Phi) is 9.56. The van der Waals surface area contributed by atoms with E-state index in [0.717, 1.165) is 18.8 Å². The van der Waals surface area contributed by atoms with Crippen molar-refractivity contribution in [1.29, 1.82) is 0 Å². The first-order chi connectivity index (χ1) is 13.3. The Morgan fingerprint density at radius 2 is 2.07 bits per heavy atom. The molecule has 3 rings (SSSR count). The van der Waals surface area contributed by atoms with Crippen LogP contribution in [0.3, 0.4) is 0 Å². The molecule has 2 heterocycles. The zero-order valence-corrected chi connectivity index (χ0v) is 18.4. The number of guanidine groups is 1. The fraction of sp³-hybridized carbons (Fsp3) is 0.450. The van der Waals surface area contributed by atoms with Crippen LogP contribution in [-0.4, -0.2) is 50.7 Å². The van der Waals surface area contributed by atoms with Crippen molar-refractivity contribution < 1.29 is 13.5 Å². The summed E-state index contributed by atoms with van der Waals surface area (Å²) in [6, 6.07) is 10.3. The summed E-state index contributed by atoms with van der Waals surface area (Å²) in [5, 5.41) is 6.58. The van der Waals surface area contributed by atoms with E-state index in [1.807, 2.05) is 12.1 Å². The Morgan fingerprint density at radius 1 is 1.25 bits per heavy atom. The second kappa shape index (κ2) is 11.9. The average molecular weight is 502 g/mol. The van der Waals surface area contributed by atoms with E-state index in [1.165, 1.54) is 25.0 Å². The molecule has 1 aromatic heterocycles. The van der Waals surface area contributed by atoms with Crippen LogP contribution in [0.25, 0.3) is 0 Å². The minimum absolute atomic E-state index is 0. The second-order valence-electron chi connectivity index (χ2n) is 6.46. The third kappa shape index (κ3) is 6.66. The molecule has 0 aliphatic carbocycles. The van der Waals surface area contributed by atoms with Crippen molar-refractivity contribution >= 4 is 29.9 Å². The Morgan fingerprint density at radius 3 is 2.75 bits per heavy atom. The number of likely N-dealkylation sites (tertiary alicyclic amines) is 1. The van der Waals surface area contributed by atoms with Gasteiger partial charge < -0.3 is 19.8 Å². The van der Waals surface area contributed by atoms with Gasteiger partial charge in [-0.2, -0.15) is 0 Å². The van der Waals surface area contributed by atoms with Crippen LogP contribution in [0.15, 0.2) is 52.1 Å². The highest BCUT2D eigenvalue weighted by molar-refractivity contribution is 14.0. The minimum atomic E-state index is -0.302. The van der Waals surface area contributed by atoms with Crippen LogP contribution < -0.4 is 15.4 Å². The maximum Gasteiger partial charge on any atom is 0.191 e. The SMILES string of the molecule is CN=C(NCCOc1cccc(F)c1)NCC(c1ccco1)N1CCCC1.I. The largest absolute Gasteiger partial charge is 0.492 e. The molecule has 2 N–H and O–H groups in total. The van der Waals surface area contributed by atoms with Gasteiger partial charge >= 0.3 is 0 Å². The minimum Gasteiger partial charge on any atom is -0.492 e. The molecule has 0 amide bonds. The monoisotopic (exact) mass is 502 g/mol. The van der Waals surface area contributed by atoms with E-state index in [2.05, 4.69) is 20.5 Å². The van der Waals surface area contributed by atoms with Gasteiger partial charge in [-0.05, 0) is 50.2 Å². The van der Waals surface area contributed by atoms with Crippen LogP contribution in [0.5, 0.6) is 5.75 Å². The molecule has 6 nitrogen and oxygen atoms in total. The Balaban J connectivity index is 0.00000280. The summed E-state index contributed by atoms with van der Waals surface area (Å²) < 4.78 is 24.3. The molecular weight excluding hydrogens is 474 g/mol. The highest BCUT2D eigenvalue weighted by Gasteiger charge is 2.25. The number of aliphatic imine (C=N–C) groups is 1. The van der Waals surface area contributed by atoms with Crippen molar-refractivity contribution in [3.05, 3.63) is 54.2 Å². The first kappa shape index (κ1) is 22.5. The van der Waals surface area contributed by atoms with E-state index in [0.29, 0.717) is 31.4 Å². The van der Waals surface area contributed by atoms with Gasteiger partial charge in [-0.25, -0.2) is 4.39 Å². The first-order valence-electron chi connectivity index (χ1n) is 9.36. The lowest BCUT2D eigenvalue weighted by atomic mass is 10.2. The van der Waals surface area contributed by atoms with Crippen LogP contribution >= 0.6 is 24.0 Å². The average Bonchev–Trinajstić information content (AvgIpc) is 3.38. The lowest BCUT2D eigenvalue weighted by molar-refractivity contribution is 0.215. The van der Waals surface area contributed by atoms with Crippen molar-refractivity contribution in [3.63, 3.8) is 0 Å². The van der Waals surface area contributed by atoms with E-state index in [9.17, 15) is 4.39 Å². The molecular formula is C20H28FIN4O2. The van der Waals surface area contributed by atoms with Gasteiger partial charge in [-0.15, -0.1) is 24.0 Å². The lowest BCUT2D eigenvalue weighted by Gasteiger charge is -2.26. The second-order valence-corrected chi connectivity index (χ2v) is 6.46. The zero-order valence-electron chi connectivity index (χ0n) is 16.1. The van der Waals surface area contributed by atoms with Gasteiger partial charge in [0, 0.05) is 19.7 Å². The standard InChI is InChI=1S/C20H27FN4O2.HI/c1-22-20(23-9-13-26-17-7-4-6-16(21)14-17)24-15-18(19-8-5-12-27-19)25-10-2-3-11-25;/h4-8,12,14,18H,2-3,9-11,13,15H2,1H3,(H2,22,23,24);1H. The number of nitrogens with zero attached hydrogens (tertiary/aromatic N) is 2. The van der Waals surface area contributed by atoms with E-state index in [4.69, 9.17) is 9.15 Å². The van der Waals surface area contributed by atoms with Gasteiger partial charge in [0.05, 0.1) is 18.8 Å². The molecule has 2 aromatic rings. The highest BCUT2D eigenvalue weighted by Crippen LogP contribution is 2.24. The van der Waals surface area contributed by atoms with Gasteiger partial charge in [0.15, 0.2) is 5.96 Å². The fourth-order valence-electron chi connectivity index (χ4n) is 3.25. The Labute approximate surface area is 182 Å². The molecule has 0 spiro atoms. The summed E-state index contributed by atoms with van der Waals surface area (Å²) in [6.07, 6.45) is 4.17. The maximum absolute atomic E-state index is 13.1. The third-order valence-corrected chi connectivity index (χ3v) is 4.60. The van der Waals surface area contributed by atoms with E-state index >= 15 is 0 Å². The number of hydrogen-bond acceptors (Lipinski definition) is 4. The lowest BCUT2D eigenvalue weighted by Crippen LogP contribution is -2.43. The molecule has 1 saturated heterocycles. The van der Waals surface area contributed by atoms with E-state index in [-0.39, 0.29) is 35.8 Å². The van der Waals surface area contributed by atoms with Crippen LogP contribution in [0, 0.1) is 5.82 Å². The molecule has 154 valence electrons. The highest BCUT2D eigenvalue weighted by atomic mass is 127. The number of hydrogen-bond donors (Lipinski definition) is 2. The van der Waals surface area contributed by atoms with Crippen molar-refractivity contribution in [1.82, 2.24) is 15.5 Å². The van der Waals surface area contributed by atoms with Gasteiger partial charge in [0.25, 0.3) is 0 Å². The van der Waals surface area contributed by atoms with Crippen molar-refractivity contribution in [2.75, 3.05) is 39.8 Å². The van der Waals surface area contributed by atoms with E-state index < -0.39 is 0 Å². The molecule has 1 aliphatic rings. The molecule has 8 heteroatoms. The van der Waals surface area contributed by atoms with Gasteiger partial charge in [0.2, 0.25) is 0 Å². The summed E-state index contributed by atoms with van der Waals surface area (Å²) in [4.78, 5) is 6.69. The van der Waals surface area contributed by atoms with Gasteiger partial charge in [-0.3, -0.25) is 9.89 Å². The number of ether oxygens (including phenoxy) is 1. The Hall–Kier alpha value is -1.81. The van der Waals surface area contributed by atoms with E-state index in [1.54, 1.807) is 25.4 Å². The summed E-state index contributed by atoms with van der Waals surface area (Å²) in [5.41, 5.74) is 0. The molecule has 28 heavy (non-hydrogen) atoms. The van der Waals surface area contributed by atoms with Gasteiger partial charge in [0.1, 0.15) is 23.9 Å². The predicted octanol–water partition coefficient (Wildman–Crippen LogP) is 3.42. The third-order valence-electron chi connectivity index (χ3n) is 4.60. The molecule has 1 fully saturated rings. The summed E-state index contributed by atoms with van der Waals surface area (Å²) in [6.45, 7) is 3.85. The molecule has 0 radical (unpaired) electrons. The number of benzene rings is 1. The Bertz CT molecular complexity index is 721. The molecule has 1 unspecified atom stereocenters. The predicted molar refractivity (Wildman–Crippen MR) is 119 cm³/mol. The molecule has 1 aliphatic heterocycles. The topological polar surface area (TPSA) is 62.0 Å².